The highest BCUT2D eigenvalue weighted by molar-refractivity contribution is 8.26. The van der Waals surface area contributed by atoms with Crippen LogP contribution < -0.4 is 5.32 Å². The number of anilines is 1. The van der Waals surface area contributed by atoms with E-state index in [1.807, 2.05) is 24.3 Å². The van der Waals surface area contributed by atoms with E-state index in [1.54, 1.807) is 41.4 Å². The van der Waals surface area contributed by atoms with Crippen molar-refractivity contribution in [2.75, 3.05) is 19.0 Å². The van der Waals surface area contributed by atoms with Crippen LogP contribution in [0.5, 0.6) is 0 Å². The molecule has 0 unspecified atom stereocenters. The Morgan fingerprint density at radius 2 is 1.90 bits per heavy atom. The fourth-order valence-corrected chi connectivity index (χ4v) is 6.23. The molecular weight excluding hydrogens is 574 g/mol. The number of thiazole rings is 1. The Balaban J connectivity index is 1.18. The minimum Gasteiger partial charge on any atom is -0.465 e. The number of thioether (sulfide) groups is 1. The van der Waals surface area contributed by atoms with E-state index >= 15 is 0 Å². The molecule has 2 aromatic carbocycles. The van der Waals surface area contributed by atoms with Crippen molar-refractivity contribution < 1.29 is 19.1 Å². The number of aromatic nitrogens is 1. The van der Waals surface area contributed by atoms with Gasteiger partial charge >= 0.3 is 5.97 Å². The standard InChI is InChI=1S/C28H26ClN3O4S3/c1-36-26(35)19-12-10-18(11-13-19)15-23-25(34)32(28(37)39-23)14-6-2-3-9-24(33)31-27-30-17-21(38-27)16-20-7-4-5-8-22(20)29/h4-5,7-8,10-13,15,17H,2-3,6,9,14,16H2,1H3,(H,30,31,33)/b23-15-. The molecule has 1 aliphatic heterocycles. The van der Waals surface area contributed by atoms with Crippen LogP contribution in [0.15, 0.2) is 59.6 Å². The molecule has 3 aromatic rings. The zero-order chi connectivity index (χ0) is 27.8. The predicted molar refractivity (Wildman–Crippen MR) is 161 cm³/mol. The Morgan fingerprint density at radius 1 is 1.13 bits per heavy atom. The first-order valence-electron chi connectivity index (χ1n) is 12.3. The number of ether oxygens (including phenoxy) is 1. The van der Waals surface area contributed by atoms with E-state index in [9.17, 15) is 14.4 Å². The number of hydrogen-bond acceptors (Lipinski definition) is 8. The molecule has 0 saturated carbocycles. The quantitative estimate of drug-likeness (QED) is 0.115. The van der Waals surface area contributed by atoms with Crippen LogP contribution in [0.1, 0.15) is 52.0 Å². The summed E-state index contributed by atoms with van der Waals surface area (Å²) >= 11 is 14.4. The van der Waals surface area contributed by atoms with Gasteiger partial charge in [0.05, 0.1) is 17.6 Å². The lowest BCUT2D eigenvalue weighted by atomic mass is 10.1. The first kappa shape index (κ1) is 28.9. The van der Waals surface area contributed by atoms with Gasteiger partial charge in [-0.15, -0.1) is 11.3 Å². The number of thiocarbonyl (C=S) groups is 1. The van der Waals surface area contributed by atoms with Gasteiger partial charge in [-0.2, -0.15) is 0 Å². The number of benzene rings is 2. The molecule has 1 N–H and O–H groups in total. The molecule has 7 nitrogen and oxygen atoms in total. The van der Waals surface area contributed by atoms with Crippen molar-refractivity contribution in [2.24, 2.45) is 0 Å². The van der Waals surface area contributed by atoms with E-state index < -0.39 is 5.97 Å². The normalized spacial score (nSPS) is 14.2. The summed E-state index contributed by atoms with van der Waals surface area (Å²) in [5.74, 6) is -0.621. The van der Waals surface area contributed by atoms with Crippen molar-refractivity contribution >= 4 is 80.2 Å². The van der Waals surface area contributed by atoms with Crippen LogP contribution in [0, 0.1) is 0 Å². The van der Waals surface area contributed by atoms with E-state index in [0.717, 1.165) is 28.8 Å². The Morgan fingerprint density at radius 3 is 2.64 bits per heavy atom. The van der Waals surface area contributed by atoms with Crippen LogP contribution in [0.3, 0.4) is 0 Å². The van der Waals surface area contributed by atoms with Crippen LogP contribution in [0.25, 0.3) is 6.08 Å². The summed E-state index contributed by atoms with van der Waals surface area (Å²) in [6, 6.07) is 14.5. The van der Waals surface area contributed by atoms with Crippen molar-refractivity contribution in [3.63, 3.8) is 0 Å². The molecule has 39 heavy (non-hydrogen) atoms. The van der Waals surface area contributed by atoms with Gasteiger partial charge in [-0.3, -0.25) is 14.5 Å². The molecule has 11 heteroatoms. The van der Waals surface area contributed by atoms with Crippen molar-refractivity contribution in [3.05, 3.63) is 86.2 Å². The van der Waals surface area contributed by atoms with Crippen LogP contribution in [0.4, 0.5) is 5.13 Å². The number of esters is 1. The summed E-state index contributed by atoms with van der Waals surface area (Å²) in [4.78, 5) is 44.3. The maximum atomic E-state index is 12.9. The van der Waals surface area contributed by atoms with E-state index in [2.05, 4.69) is 10.3 Å². The van der Waals surface area contributed by atoms with Crippen molar-refractivity contribution in [3.8, 4) is 0 Å². The van der Waals surface area contributed by atoms with Gasteiger partial charge in [0.1, 0.15) is 4.32 Å². The highest BCUT2D eigenvalue weighted by atomic mass is 35.5. The van der Waals surface area contributed by atoms with Crippen LogP contribution in [0.2, 0.25) is 5.02 Å². The summed E-state index contributed by atoms with van der Waals surface area (Å²) < 4.78 is 5.23. The van der Waals surface area contributed by atoms with Gasteiger partial charge < -0.3 is 10.1 Å². The molecule has 0 radical (unpaired) electrons. The molecule has 1 aromatic heterocycles. The summed E-state index contributed by atoms with van der Waals surface area (Å²) in [7, 11) is 1.33. The second-order valence-electron chi connectivity index (χ2n) is 8.71. The van der Waals surface area contributed by atoms with Crippen molar-refractivity contribution in [1.29, 1.82) is 0 Å². The van der Waals surface area contributed by atoms with Gasteiger partial charge in [0.2, 0.25) is 5.91 Å². The Labute approximate surface area is 245 Å². The molecule has 0 aliphatic carbocycles. The molecule has 2 amide bonds. The third-order valence-electron chi connectivity index (χ3n) is 5.91. The lowest BCUT2D eigenvalue weighted by Gasteiger charge is -2.14. The predicted octanol–water partition coefficient (Wildman–Crippen LogP) is 6.57. The minimum atomic E-state index is -0.410. The van der Waals surface area contributed by atoms with Crippen LogP contribution >= 0.6 is 46.9 Å². The number of methoxy groups -OCH3 is 1. The van der Waals surface area contributed by atoms with E-state index in [0.29, 0.717) is 50.8 Å². The summed E-state index contributed by atoms with van der Waals surface area (Å²) in [5, 5.41) is 4.15. The molecule has 2 heterocycles. The topological polar surface area (TPSA) is 88.6 Å². The zero-order valence-corrected chi connectivity index (χ0v) is 24.4. The largest absolute Gasteiger partial charge is 0.465 e. The lowest BCUT2D eigenvalue weighted by molar-refractivity contribution is -0.122. The fourth-order valence-electron chi connectivity index (χ4n) is 3.87. The van der Waals surface area contributed by atoms with Crippen LogP contribution in [-0.2, 0) is 20.7 Å². The highest BCUT2D eigenvalue weighted by Gasteiger charge is 2.31. The van der Waals surface area contributed by atoms with E-state index in [4.69, 9.17) is 28.6 Å². The van der Waals surface area contributed by atoms with Crippen LogP contribution in [-0.4, -0.2) is 45.6 Å². The van der Waals surface area contributed by atoms with Gasteiger partial charge in [0, 0.05) is 35.5 Å². The van der Waals surface area contributed by atoms with Gasteiger partial charge in [-0.05, 0) is 48.2 Å². The number of carbonyl (C=O) groups is 3. The number of nitrogens with one attached hydrogen (secondary N) is 1. The first-order valence-corrected chi connectivity index (χ1v) is 14.7. The molecule has 202 valence electrons. The molecule has 1 aliphatic rings. The number of carbonyl (C=O) groups excluding carboxylic acids is 3. The SMILES string of the molecule is COC(=O)c1ccc(/C=C2\SC(=S)N(CCCCCC(=O)Nc3ncc(Cc4ccccc4Cl)s3)C2=O)cc1. The number of unbranched alkanes of at least 4 members (excludes halogenated alkanes) is 2. The Hall–Kier alpha value is -3.05. The lowest BCUT2D eigenvalue weighted by Crippen LogP contribution is -2.29. The zero-order valence-electron chi connectivity index (χ0n) is 21.1. The monoisotopic (exact) mass is 599 g/mol. The molecular formula is C28H26ClN3O4S3. The molecule has 4 rings (SSSR count). The minimum absolute atomic E-state index is 0.0830. The number of rotatable bonds is 11. The van der Waals surface area contributed by atoms with E-state index in [1.165, 1.54) is 30.2 Å². The van der Waals surface area contributed by atoms with Gasteiger partial charge in [0.15, 0.2) is 5.13 Å². The first-order chi connectivity index (χ1) is 18.8. The molecule has 1 saturated heterocycles. The average Bonchev–Trinajstić information content (AvgIpc) is 3.48. The number of halogens is 1. The average molecular weight is 600 g/mol. The van der Waals surface area contributed by atoms with Gasteiger partial charge in [-0.25, -0.2) is 9.78 Å². The molecule has 1 fully saturated rings. The van der Waals surface area contributed by atoms with E-state index in [-0.39, 0.29) is 11.8 Å². The maximum Gasteiger partial charge on any atom is 0.337 e. The Bertz CT molecular complexity index is 1410. The summed E-state index contributed by atoms with van der Waals surface area (Å²) in [6.07, 6.45) is 6.79. The molecule has 0 bridgehead atoms. The summed E-state index contributed by atoms with van der Waals surface area (Å²) in [5.41, 5.74) is 2.26. The van der Waals surface area contributed by atoms with Crippen molar-refractivity contribution in [2.45, 2.75) is 32.1 Å². The third-order valence-corrected chi connectivity index (χ3v) is 8.57. The van der Waals surface area contributed by atoms with Gasteiger partial charge in [0.25, 0.3) is 5.91 Å². The van der Waals surface area contributed by atoms with Gasteiger partial charge in [-0.1, -0.05) is 72.3 Å². The second kappa shape index (κ2) is 13.8. The highest BCUT2D eigenvalue weighted by Crippen LogP contribution is 2.33. The number of nitrogens with zero attached hydrogens (tertiary/aromatic N) is 2. The second-order valence-corrected chi connectivity index (χ2v) is 11.9. The molecule has 0 spiro atoms. The molecule has 0 atom stereocenters. The van der Waals surface area contributed by atoms with Crippen molar-refractivity contribution in [1.82, 2.24) is 9.88 Å². The summed E-state index contributed by atoms with van der Waals surface area (Å²) in [6.45, 7) is 0.503. The smallest absolute Gasteiger partial charge is 0.337 e. The number of amides is 2. The Kier molecular flexibility index (Phi) is 10.3. The fraction of sp³-hybridized carbons (Fsp3) is 0.250. The number of hydrogen-bond donors (Lipinski definition) is 1. The third kappa shape index (κ3) is 7.98. The maximum absolute atomic E-state index is 12.9.